The van der Waals surface area contributed by atoms with Crippen LogP contribution in [0.4, 0.5) is 4.39 Å². The fourth-order valence-electron chi connectivity index (χ4n) is 1.61. The zero-order chi connectivity index (χ0) is 13.8. The van der Waals surface area contributed by atoms with Crippen LogP contribution in [0.5, 0.6) is 5.75 Å². The van der Waals surface area contributed by atoms with E-state index in [4.69, 9.17) is 15.9 Å². The average Bonchev–Trinajstić information content (AvgIpc) is 2.38. The van der Waals surface area contributed by atoms with E-state index in [1.807, 2.05) is 0 Å². The van der Waals surface area contributed by atoms with Crippen molar-refractivity contribution in [1.29, 1.82) is 5.41 Å². The third-order valence-corrected chi connectivity index (χ3v) is 3.07. The van der Waals surface area contributed by atoms with E-state index in [2.05, 4.69) is 15.9 Å². The van der Waals surface area contributed by atoms with Crippen LogP contribution in [0.3, 0.4) is 0 Å². The summed E-state index contributed by atoms with van der Waals surface area (Å²) in [5, 5.41) is 7.45. The Labute approximate surface area is 118 Å². The van der Waals surface area contributed by atoms with E-state index in [0.717, 1.165) is 0 Å². The van der Waals surface area contributed by atoms with Gasteiger partial charge in [0.1, 0.15) is 24.0 Å². The molecular weight excluding hydrogens is 311 g/mol. The molecule has 0 bridgehead atoms. The van der Waals surface area contributed by atoms with Crippen molar-refractivity contribution in [1.82, 2.24) is 0 Å². The normalized spacial score (nSPS) is 10.2. The van der Waals surface area contributed by atoms with Crippen molar-refractivity contribution >= 4 is 21.8 Å². The van der Waals surface area contributed by atoms with E-state index < -0.39 is 0 Å². The fourth-order valence-corrected chi connectivity index (χ4v) is 1.94. The van der Waals surface area contributed by atoms with Gasteiger partial charge >= 0.3 is 0 Å². The van der Waals surface area contributed by atoms with Gasteiger partial charge in [-0.2, -0.15) is 0 Å². The minimum Gasteiger partial charge on any atom is -0.488 e. The molecule has 3 nitrogen and oxygen atoms in total. The maximum Gasteiger partial charge on any atom is 0.130 e. The number of nitrogen functional groups attached to an aromatic ring is 1. The highest BCUT2D eigenvalue weighted by Crippen LogP contribution is 2.21. The molecule has 0 spiro atoms. The van der Waals surface area contributed by atoms with Crippen LogP contribution in [0, 0.1) is 11.2 Å². The molecule has 0 aliphatic carbocycles. The Morgan fingerprint density at radius 1 is 1.26 bits per heavy atom. The number of hydrogen-bond acceptors (Lipinski definition) is 2. The van der Waals surface area contributed by atoms with E-state index in [1.165, 1.54) is 6.07 Å². The Morgan fingerprint density at radius 2 is 2.00 bits per heavy atom. The number of benzene rings is 2. The summed E-state index contributed by atoms with van der Waals surface area (Å²) >= 11 is 3.20. The molecule has 0 aliphatic heterocycles. The molecule has 0 saturated heterocycles. The van der Waals surface area contributed by atoms with Gasteiger partial charge in [-0.3, -0.25) is 5.41 Å². The number of nitrogens with one attached hydrogen (secondary N) is 1. The van der Waals surface area contributed by atoms with Crippen LogP contribution in [0.25, 0.3) is 0 Å². The number of nitrogens with two attached hydrogens (primary N) is 1. The molecule has 0 aromatic heterocycles. The lowest BCUT2D eigenvalue weighted by atomic mass is 10.2. The van der Waals surface area contributed by atoms with Gasteiger partial charge in [-0.1, -0.05) is 34.1 Å². The summed E-state index contributed by atoms with van der Waals surface area (Å²) < 4.78 is 19.8. The van der Waals surface area contributed by atoms with Gasteiger partial charge in [-0.15, -0.1) is 0 Å². The molecule has 0 unspecified atom stereocenters. The highest BCUT2D eigenvalue weighted by Gasteiger charge is 2.08. The zero-order valence-corrected chi connectivity index (χ0v) is 11.6. The lowest BCUT2D eigenvalue weighted by molar-refractivity contribution is 0.299. The van der Waals surface area contributed by atoms with E-state index in [-0.39, 0.29) is 18.3 Å². The molecule has 5 heteroatoms. The van der Waals surface area contributed by atoms with Crippen LogP contribution < -0.4 is 10.5 Å². The van der Waals surface area contributed by atoms with Crippen molar-refractivity contribution in [3.8, 4) is 5.75 Å². The van der Waals surface area contributed by atoms with Gasteiger partial charge in [0.15, 0.2) is 0 Å². The molecular formula is C14H12BrFN2O. The van der Waals surface area contributed by atoms with Gasteiger partial charge in [-0.05, 0) is 24.3 Å². The maximum atomic E-state index is 13.6. The molecule has 0 fully saturated rings. The fraction of sp³-hybridized carbons (Fsp3) is 0.0714. The summed E-state index contributed by atoms with van der Waals surface area (Å²) in [4.78, 5) is 0. The van der Waals surface area contributed by atoms with Gasteiger partial charge in [0.2, 0.25) is 0 Å². The third-order valence-electron chi connectivity index (χ3n) is 2.58. The van der Waals surface area contributed by atoms with Crippen LogP contribution >= 0.6 is 15.9 Å². The van der Waals surface area contributed by atoms with Gasteiger partial charge < -0.3 is 10.5 Å². The Morgan fingerprint density at radius 3 is 2.68 bits per heavy atom. The first-order valence-electron chi connectivity index (χ1n) is 5.58. The molecule has 0 radical (unpaired) electrons. The van der Waals surface area contributed by atoms with E-state index in [9.17, 15) is 4.39 Å². The Hall–Kier alpha value is -1.88. The van der Waals surface area contributed by atoms with E-state index >= 15 is 0 Å². The predicted molar refractivity (Wildman–Crippen MR) is 75.9 cm³/mol. The third kappa shape index (κ3) is 3.32. The predicted octanol–water partition coefficient (Wildman–Crippen LogP) is 3.45. The van der Waals surface area contributed by atoms with Crippen LogP contribution in [0.15, 0.2) is 46.9 Å². The van der Waals surface area contributed by atoms with E-state index in [0.29, 0.717) is 21.3 Å². The Balaban J connectivity index is 2.17. The van der Waals surface area contributed by atoms with Crippen molar-refractivity contribution < 1.29 is 9.13 Å². The maximum absolute atomic E-state index is 13.6. The van der Waals surface area contributed by atoms with Crippen molar-refractivity contribution in [2.45, 2.75) is 6.61 Å². The first-order chi connectivity index (χ1) is 9.08. The van der Waals surface area contributed by atoms with Crippen molar-refractivity contribution in [3.63, 3.8) is 0 Å². The molecule has 0 aliphatic rings. The van der Waals surface area contributed by atoms with E-state index in [1.54, 1.807) is 36.4 Å². The second-order valence-electron chi connectivity index (χ2n) is 3.93. The van der Waals surface area contributed by atoms with Crippen molar-refractivity contribution in [2.75, 3.05) is 0 Å². The summed E-state index contributed by atoms with van der Waals surface area (Å²) in [5.74, 6) is 0.0545. The first-order valence-corrected chi connectivity index (χ1v) is 6.37. The molecule has 0 amide bonds. The second-order valence-corrected chi connectivity index (χ2v) is 4.85. The number of hydrogen-bond donors (Lipinski definition) is 2. The van der Waals surface area contributed by atoms with Gasteiger partial charge in [0.25, 0.3) is 0 Å². The summed E-state index contributed by atoms with van der Waals surface area (Å²) in [6.07, 6.45) is 0. The minimum atomic E-state index is -0.338. The zero-order valence-electron chi connectivity index (χ0n) is 9.99. The quantitative estimate of drug-likeness (QED) is 0.669. The average molecular weight is 323 g/mol. The number of para-hydroxylation sites is 1. The SMILES string of the molecule is N=C(N)c1ccccc1OCc1ccc(Br)cc1F. The van der Waals surface area contributed by atoms with Gasteiger partial charge in [-0.25, -0.2) is 4.39 Å². The summed E-state index contributed by atoms with van der Waals surface area (Å²) in [6.45, 7) is 0.0867. The standard InChI is InChI=1S/C14H12BrFN2O/c15-10-6-5-9(12(16)7-10)8-19-13-4-2-1-3-11(13)14(17)18/h1-7H,8H2,(H3,17,18). The molecule has 2 aromatic rings. The molecule has 0 atom stereocenters. The molecule has 98 valence electrons. The Kier molecular flexibility index (Phi) is 4.16. The molecule has 2 aromatic carbocycles. The highest BCUT2D eigenvalue weighted by atomic mass is 79.9. The largest absolute Gasteiger partial charge is 0.488 e. The number of rotatable bonds is 4. The number of ether oxygens (including phenoxy) is 1. The first kappa shape index (κ1) is 13.5. The van der Waals surface area contributed by atoms with Gasteiger partial charge in [0.05, 0.1) is 5.56 Å². The second kappa shape index (κ2) is 5.84. The van der Waals surface area contributed by atoms with Gasteiger partial charge in [0, 0.05) is 10.0 Å². The van der Waals surface area contributed by atoms with Crippen LogP contribution in [-0.4, -0.2) is 5.84 Å². The molecule has 3 N–H and O–H groups in total. The highest BCUT2D eigenvalue weighted by molar-refractivity contribution is 9.10. The summed E-state index contributed by atoms with van der Waals surface area (Å²) in [6, 6.07) is 11.7. The van der Waals surface area contributed by atoms with Crippen molar-refractivity contribution in [2.24, 2.45) is 5.73 Å². The van der Waals surface area contributed by atoms with Crippen molar-refractivity contribution in [3.05, 3.63) is 63.9 Å². The monoisotopic (exact) mass is 322 g/mol. The molecule has 19 heavy (non-hydrogen) atoms. The lowest BCUT2D eigenvalue weighted by Crippen LogP contribution is -2.13. The lowest BCUT2D eigenvalue weighted by Gasteiger charge is -2.11. The van der Waals surface area contributed by atoms with Crippen LogP contribution in [-0.2, 0) is 6.61 Å². The smallest absolute Gasteiger partial charge is 0.130 e. The number of amidine groups is 1. The molecule has 0 heterocycles. The summed E-state index contributed by atoms with van der Waals surface area (Å²) in [5.41, 5.74) is 6.40. The van der Waals surface area contributed by atoms with Crippen LogP contribution in [0.1, 0.15) is 11.1 Å². The number of halogens is 2. The minimum absolute atomic E-state index is 0.0770. The Bertz CT molecular complexity index is 616. The topological polar surface area (TPSA) is 59.1 Å². The van der Waals surface area contributed by atoms with Crippen LogP contribution in [0.2, 0.25) is 0 Å². The molecule has 0 saturated carbocycles. The summed E-state index contributed by atoms with van der Waals surface area (Å²) in [7, 11) is 0. The molecule has 2 rings (SSSR count).